The summed E-state index contributed by atoms with van der Waals surface area (Å²) in [6, 6.07) is 7.56. The van der Waals surface area contributed by atoms with Gasteiger partial charge in [-0.15, -0.1) is 0 Å². The van der Waals surface area contributed by atoms with Gasteiger partial charge in [0, 0.05) is 6.20 Å². The third-order valence-corrected chi connectivity index (χ3v) is 2.51. The van der Waals surface area contributed by atoms with Crippen molar-refractivity contribution in [2.24, 2.45) is 0 Å². The highest BCUT2D eigenvalue weighted by Crippen LogP contribution is 2.08. The lowest BCUT2D eigenvalue weighted by Crippen LogP contribution is -2.49. The Morgan fingerprint density at radius 3 is 2.67 bits per heavy atom. The Balaban J connectivity index is 2.51. The second-order valence-electron chi connectivity index (χ2n) is 4.83. The van der Waals surface area contributed by atoms with Crippen LogP contribution in [0.2, 0.25) is 0 Å². The Hall–Kier alpha value is -1.81. The van der Waals surface area contributed by atoms with E-state index in [0.29, 0.717) is 0 Å². The fraction of sp³-hybridized carbons (Fsp3) is 0.357. The van der Waals surface area contributed by atoms with Gasteiger partial charge in [0.05, 0.1) is 12.1 Å². The van der Waals surface area contributed by atoms with Gasteiger partial charge in [-0.25, -0.2) is 4.79 Å². The number of nitrogens with one attached hydrogen (secondary N) is 2. The van der Waals surface area contributed by atoms with E-state index in [1.165, 1.54) is 0 Å². The Bertz CT molecular complexity index is 439. The number of carbonyl (C=O) groups is 1. The third-order valence-electron chi connectivity index (χ3n) is 2.51. The van der Waals surface area contributed by atoms with Crippen LogP contribution in [0.5, 0.6) is 0 Å². The van der Waals surface area contributed by atoms with E-state index in [2.05, 4.69) is 10.6 Å². The molecular weight excluding hydrogens is 228 g/mol. The largest absolute Gasteiger partial charge is 0.394 e. The zero-order chi connectivity index (χ0) is 13.6. The van der Waals surface area contributed by atoms with Gasteiger partial charge in [-0.3, -0.25) is 0 Å². The first-order valence-electron chi connectivity index (χ1n) is 5.86. The molecular formula is C14H20N2O2. The van der Waals surface area contributed by atoms with Crippen molar-refractivity contribution >= 4 is 12.1 Å². The number of urea groups is 1. The number of amides is 2. The molecule has 0 aromatic heterocycles. The summed E-state index contributed by atoms with van der Waals surface area (Å²) in [7, 11) is 0. The van der Waals surface area contributed by atoms with E-state index in [1.807, 2.05) is 37.3 Å². The molecule has 1 aromatic rings. The molecule has 18 heavy (non-hydrogen) atoms. The fourth-order valence-electron chi connectivity index (χ4n) is 1.36. The molecule has 4 heteroatoms. The predicted molar refractivity (Wildman–Crippen MR) is 73.0 cm³/mol. The highest BCUT2D eigenvalue weighted by molar-refractivity contribution is 5.76. The highest BCUT2D eigenvalue weighted by atomic mass is 16.3. The van der Waals surface area contributed by atoms with Crippen LogP contribution < -0.4 is 10.6 Å². The van der Waals surface area contributed by atoms with E-state index in [4.69, 9.17) is 5.11 Å². The fourth-order valence-corrected chi connectivity index (χ4v) is 1.36. The molecule has 0 saturated heterocycles. The summed E-state index contributed by atoms with van der Waals surface area (Å²) in [4.78, 5) is 11.5. The van der Waals surface area contributed by atoms with Crippen molar-refractivity contribution in [3.05, 3.63) is 41.6 Å². The highest BCUT2D eigenvalue weighted by Gasteiger charge is 2.17. The van der Waals surface area contributed by atoms with Crippen molar-refractivity contribution in [1.82, 2.24) is 10.6 Å². The number of hydrogen-bond donors (Lipinski definition) is 3. The molecule has 3 N–H and O–H groups in total. The van der Waals surface area contributed by atoms with Crippen molar-refractivity contribution < 1.29 is 9.90 Å². The molecule has 0 spiro atoms. The van der Waals surface area contributed by atoms with Crippen LogP contribution in [0.3, 0.4) is 0 Å². The molecule has 1 rings (SSSR count). The van der Waals surface area contributed by atoms with Gasteiger partial charge in [-0.1, -0.05) is 24.3 Å². The number of rotatable bonds is 4. The number of aliphatic hydroxyl groups is 1. The summed E-state index contributed by atoms with van der Waals surface area (Å²) in [5.74, 6) is 0. The second-order valence-corrected chi connectivity index (χ2v) is 4.83. The minimum atomic E-state index is -0.624. The van der Waals surface area contributed by atoms with Crippen molar-refractivity contribution in [3.8, 4) is 0 Å². The molecule has 0 aliphatic carbocycles. The van der Waals surface area contributed by atoms with Crippen LogP contribution in [-0.2, 0) is 0 Å². The second kappa shape index (κ2) is 6.21. The third kappa shape index (κ3) is 4.59. The Morgan fingerprint density at radius 1 is 1.39 bits per heavy atom. The van der Waals surface area contributed by atoms with E-state index >= 15 is 0 Å². The number of aliphatic hydroxyl groups excluding tert-OH is 1. The minimum absolute atomic E-state index is 0.109. The molecule has 0 saturated carbocycles. The molecule has 4 nitrogen and oxygen atoms in total. The van der Waals surface area contributed by atoms with Crippen molar-refractivity contribution in [2.45, 2.75) is 26.3 Å². The molecule has 98 valence electrons. The normalized spacial score (nSPS) is 11.6. The van der Waals surface area contributed by atoms with Crippen LogP contribution in [0.1, 0.15) is 25.0 Å². The lowest BCUT2D eigenvalue weighted by Gasteiger charge is -2.22. The maximum Gasteiger partial charge on any atom is 0.319 e. The predicted octanol–water partition coefficient (Wildman–Crippen LogP) is 2.04. The van der Waals surface area contributed by atoms with Crippen molar-refractivity contribution in [2.75, 3.05) is 6.61 Å². The monoisotopic (exact) mass is 248 g/mol. The van der Waals surface area contributed by atoms with E-state index in [9.17, 15) is 4.79 Å². The van der Waals surface area contributed by atoms with Crippen LogP contribution in [0.15, 0.2) is 30.5 Å². The molecule has 0 aliphatic rings. The molecule has 2 amide bonds. The van der Waals surface area contributed by atoms with Crippen LogP contribution in [0.4, 0.5) is 4.79 Å². The number of carbonyl (C=O) groups excluding carboxylic acids is 1. The molecule has 0 aliphatic heterocycles. The molecule has 0 radical (unpaired) electrons. The molecule has 1 aromatic carbocycles. The average molecular weight is 248 g/mol. The van der Waals surface area contributed by atoms with Gasteiger partial charge in [0.1, 0.15) is 0 Å². The summed E-state index contributed by atoms with van der Waals surface area (Å²) in [6.07, 6.45) is 3.42. The van der Waals surface area contributed by atoms with Gasteiger partial charge >= 0.3 is 6.03 Å². The van der Waals surface area contributed by atoms with Gasteiger partial charge in [-0.05, 0) is 38.0 Å². The Labute approximate surface area is 108 Å². The Morgan fingerprint density at radius 2 is 2.06 bits per heavy atom. The summed E-state index contributed by atoms with van der Waals surface area (Å²) in [6.45, 7) is 5.39. The molecule has 0 bridgehead atoms. The number of benzene rings is 1. The van der Waals surface area contributed by atoms with Gasteiger partial charge in [-0.2, -0.15) is 0 Å². The van der Waals surface area contributed by atoms with Crippen molar-refractivity contribution in [3.63, 3.8) is 0 Å². The lowest BCUT2D eigenvalue weighted by molar-refractivity contribution is 0.183. The van der Waals surface area contributed by atoms with E-state index in [1.54, 1.807) is 20.0 Å². The maximum atomic E-state index is 11.5. The standard InChI is InChI=1S/C14H20N2O2/c1-11-6-4-5-7-12(11)8-9-15-13(18)16-14(2,3)10-17/h4-9,17H,10H2,1-3H3,(H2,15,16,18)/b9-8+. The molecule has 0 atom stereocenters. The smallest absolute Gasteiger partial charge is 0.319 e. The topological polar surface area (TPSA) is 61.4 Å². The molecule has 0 heterocycles. The van der Waals surface area contributed by atoms with Crippen LogP contribution in [0.25, 0.3) is 6.08 Å². The van der Waals surface area contributed by atoms with Gasteiger partial charge in [0.15, 0.2) is 0 Å². The van der Waals surface area contributed by atoms with Gasteiger partial charge < -0.3 is 15.7 Å². The first-order chi connectivity index (χ1) is 8.44. The van der Waals surface area contributed by atoms with E-state index < -0.39 is 5.54 Å². The first kappa shape index (κ1) is 14.3. The SMILES string of the molecule is Cc1ccccc1/C=C/NC(=O)NC(C)(C)CO. The average Bonchev–Trinajstić information content (AvgIpc) is 2.31. The van der Waals surface area contributed by atoms with Crippen LogP contribution in [-0.4, -0.2) is 23.3 Å². The van der Waals surface area contributed by atoms with E-state index in [0.717, 1.165) is 11.1 Å². The maximum absolute atomic E-state index is 11.5. The van der Waals surface area contributed by atoms with Crippen LogP contribution in [0, 0.1) is 6.92 Å². The summed E-state index contributed by atoms with van der Waals surface area (Å²) >= 11 is 0. The van der Waals surface area contributed by atoms with Gasteiger partial charge in [0.25, 0.3) is 0 Å². The van der Waals surface area contributed by atoms with Crippen molar-refractivity contribution in [1.29, 1.82) is 0 Å². The number of hydrogen-bond acceptors (Lipinski definition) is 2. The molecule has 0 unspecified atom stereocenters. The van der Waals surface area contributed by atoms with Crippen LogP contribution >= 0.6 is 0 Å². The summed E-state index contributed by atoms with van der Waals surface area (Å²) < 4.78 is 0. The Kier molecular flexibility index (Phi) is 4.92. The first-order valence-corrected chi connectivity index (χ1v) is 5.86. The summed E-state index contributed by atoms with van der Waals surface area (Å²) in [5.41, 5.74) is 1.58. The van der Waals surface area contributed by atoms with Gasteiger partial charge in [0.2, 0.25) is 0 Å². The zero-order valence-electron chi connectivity index (χ0n) is 11.0. The quantitative estimate of drug-likeness (QED) is 0.763. The minimum Gasteiger partial charge on any atom is -0.394 e. The number of aryl methyl sites for hydroxylation is 1. The molecule has 0 fully saturated rings. The zero-order valence-corrected chi connectivity index (χ0v) is 11.0. The lowest BCUT2D eigenvalue weighted by atomic mass is 10.1. The van der Waals surface area contributed by atoms with E-state index in [-0.39, 0.29) is 12.6 Å². The summed E-state index contributed by atoms with van der Waals surface area (Å²) in [5, 5.41) is 14.3.